The molecule has 1 fully saturated rings. The maximum absolute atomic E-state index is 13.6. The first-order valence-electron chi connectivity index (χ1n) is 6.14. The summed E-state index contributed by atoms with van der Waals surface area (Å²) >= 11 is 0. The summed E-state index contributed by atoms with van der Waals surface area (Å²) in [5.74, 6) is 0.624. The molecule has 1 unspecified atom stereocenters. The van der Waals surface area contributed by atoms with Gasteiger partial charge in [0.2, 0.25) is 5.89 Å². The summed E-state index contributed by atoms with van der Waals surface area (Å²) < 4.78 is 18.9. The monoisotopic (exact) mass is 263 g/mol. The summed E-state index contributed by atoms with van der Waals surface area (Å²) in [6.07, 6.45) is 2.47. The lowest BCUT2D eigenvalue weighted by atomic mass is 10.3. The van der Waals surface area contributed by atoms with Crippen LogP contribution in [0.3, 0.4) is 0 Å². The van der Waals surface area contributed by atoms with E-state index >= 15 is 0 Å². The molecule has 2 aromatic heterocycles. The van der Waals surface area contributed by atoms with Crippen LogP contribution in [0.1, 0.15) is 12.3 Å². The lowest BCUT2D eigenvalue weighted by molar-refractivity contribution is 0.524. The Balaban J connectivity index is 1.66. The Bertz CT molecular complexity index is 573. The minimum absolute atomic E-state index is 0.154. The highest BCUT2D eigenvalue weighted by atomic mass is 19.1. The van der Waals surface area contributed by atoms with Gasteiger partial charge in [0.05, 0.1) is 0 Å². The highest BCUT2D eigenvalue weighted by Crippen LogP contribution is 2.22. The molecule has 7 heteroatoms. The van der Waals surface area contributed by atoms with E-state index in [2.05, 4.69) is 20.5 Å². The van der Waals surface area contributed by atoms with Crippen LogP contribution in [0.25, 0.3) is 0 Å². The summed E-state index contributed by atoms with van der Waals surface area (Å²) in [4.78, 5) is 5.99. The van der Waals surface area contributed by atoms with Crippen LogP contribution in [0.2, 0.25) is 0 Å². The Morgan fingerprint density at radius 3 is 3.11 bits per heavy atom. The number of anilines is 2. The van der Waals surface area contributed by atoms with Gasteiger partial charge in [-0.15, -0.1) is 5.10 Å². The highest BCUT2D eigenvalue weighted by Gasteiger charge is 2.26. The van der Waals surface area contributed by atoms with Crippen LogP contribution in [-0.2, 0) is 0 Å². The van der Waals surface area contributed by atoms with Gasteiger partial charge in [-0.3, -0.25) is 0 Å². The van der Waals surface area contributed by atoms with Gasteiger partial charge in [0.1, 0.15) is 0 Å². The Morgan fingerprint density at radius 1 is 1.47 bits per heavy atom. The molecule has 3 rings (SSSR count). The Labute approximate surface area is 109 Å². The molecule has 0 bridgehead atoms. The van der Waals surface area contributed by atoms with Crippen LogP contribution < -0.4 is 10.2 Å². The molecule has 1 aliphatic rings. The molecule has 100 valence electrons. The van der Waals surface area contributed by atoms with Gasteiger partial charge in [-0.2, -0.15) is 0 Å². The standard InChI is InChI=1S/C12H14FN5O/c1-8-16-17-12(19-8)15-9-4-6-18(7-9)11-10(13)3-2-5-14-11/h2-3,5,9H,4,6-7H2,1H3,(H,15,17). The molecule has 1 N–H and O–H groups in total. The third kappa shape index (κ3) is 2.49. The van der Waals surface area contributed by atoms with Crippen molar-refractivity contribution in [3.63, 3.8) is 0 Å². The van der Waals surface area contributed by atoms with Gasteiger partial charge in [-0.25, -0.2) is 9.37 Å². The van der Waals surface area contributed by atoms with Crippen molar-refractivity contribution >= 4 is 11.8 Å². The lowest BCUT2D eigenvalue weighted by Gasteiger charge is -2.17. The van der Waals surface area contributed by atoms with Crippen molar-refractivity contribution in [1.82, 2.24) is 15.2 Å². The van der Waals surface area contributed by atoms with Gasteiger partial charge in [-0.1, -0.05) is 5.10 Å². The van der Waals surface area contributed by atoms with E-state index in [0.717, 1.165) is 13.0 Å². The third-order valence-electron chi connectivity index (χ3n) is 3.08. The smallest absolute Gasteiger partial charge is 0.315 e. The zero-order chi connectivity index (χ0) is 13.2. The van der Waals surface area contributed by atoms with Crippen molar-refractivity contribution in [2.45, 2.75) is 19.4 Å². The molecule has 0 saturated carbocycles. The van der Waals surface area contributed by atoms with Crippen LogP contribution >= 0.6 is 0 Å². The second-order valence-electron chi connectivity index (χ2n) is 4.51. The van der Waals surface area contributed by atoms with E-state index in [0.29, 0.717) is 24.3 Å². The molecule has 1 saturated heterocycles. The van der Waals surface area contributed by atoms with Crippen molar-refractivity contribution in [3.8, 4) is 0 Å². The molecule has 0 aliphatic carbocycles. The van der Waals surface area contributed by atoms with Crippen LogP contribution in [0.5, 0.6) is 0 Å². The fourth-order valence-electron chi connectivity index (χ4n) is 2.21. The fourth-order valence-corrected chi connectivity index (χ4v) is 2.21. The first-order valence-corrected chi connectivity index (χ1v) is 6.14. The first kappa shape index (κ1) is 11.9. The maximum atomic E-state index is 13.6. The zero-order valence-electron chi connectivity index (χ0n) is 10.5. The third-order valence-corrected chi connectivity index (χ3v) is 3.08. The molecule has 2 aromatic rings. The van der Waals surface area contributed by atoms with E-state index in [1.807, 2.05) is 4.90 Å². The summed E-state index contributed by atoms with van der Waals surface area (Å²) in [6, 6.07) is 3.57. The number of hydrogen-bond acceptors (Lipinski definition) is 6. The van der Waals surface area contributed by atoms with Crippen LogP contribution in [0.15, 0.2) is 22.7 Å². The number of halogens is 1. The predicted octanol–water partition coefficient (Wildman–Crippen LogP) is 1.60. The van der Waals surface area contributed by atoms with Gasteiger partial charge >= 0.3 is 6.01 Å². The molecule has 19 heavy (non-hydrogen) atoms. The number of nitrogens with zero attached hydrogens (tertiary/aromatic N) is 4. The molecule has 3 heterocycles. The van der Waals surface area contributed by atoms with E-state index in [4.69, 9.17) is 4.42 Å². The Hall–Kier alpha value is -2.18. The normalized spacial score (nSPS) is 18.8. The number of aromatic nitrogens is 3. The number of aryl methyl sites for hydroxylation is 1. The maximum Gasteiger partial charge on any atom is 0.315 e. The van der Waals surface area contributed by atoms with E-state index in [9.17, 15) is 4.39 Å². The Morgan fingerprint density at radius 2 is 2.37 bits per heavy atom. The summed E-state index contributed by atoms with van der Waals surface area (Å²) in [5, 5.41) is 10.8. The van der Waals surface area contributed by atoms with E-state index < -0.39 is 0 Å². The minimum atomic E-state index is -0.295. The number of pyridine rings is 1. The van der Waals surface area contributed by atoms with Gasteiger partial charge in [0.15, 0.2) is 11.6 Å². The Kier molecular flexibility index (Phi) is 3.02. The fraction of sp³-hybridized carbons (Fsp3) is 0.417. The van der Waals surface area contributed by atoms with Crippen LogP contribution in [0, 0.1) is 12.7 Å². The second kappa shape index (κ2) is 4.83. The largest absolute Gasteiger partial charge is 0.408 e. The number of nitrogens with one attached hydrogen (secondary N) is 1. The average molecular weight is 263 g/mol. The van der Waals surface area contributed by atoms with E-state index in [1.165, 1.54) is 6.07 Å². The minimum Gasteiger partial charge on any atom is -0.408 e. The molecule has 0 spiro atoms. The van der Waals surface area contributed by atoms with Crippen molar-refractivity contribution in [2.75, 3.05) is 23.3 Å². The van der Waals surface area contributed by atoms with Crippen molar-refractivity contribution < 1.29 is 8.81 Å². The molecular weight excluding hydrogens is 249 g/mol. The summed E-state index contributed by atoms with van der Waals surface area (Å²) in [7, 11) is 0. The van der Waals surface area contributed by atoms with Crippen LogP contribution in [-0.4, -0.2) is 34.3 Å². The van der Waals surface area contributed by atoms with Crippen molar-refractivity contribution in [2.24, 2.45) is 0 Å². The topological polar surface area (TPSA) is 67.1 Å². The molecule has 1 atom stereocenters. The molecule has 6 nitrogen and oxygen atoms in total. The van der Waals surface area contributed by atoms with Crippen molar-refractivity contribution in [3.05, 3.63) is 30.0 Å². The number of hydrogen-bond donors (Lipinski definition) is 1. The lowest BCUT2D eigenvalue weighted by Crippen LogP contribution is -2.27. The predicted molar refractivity (Wildman–Crippen MR) is 67.5 cm³/mol. The highest BCUT2D eigenvalue weighted by molar-refractivity contribution is 5.42. The van der Waals surface area contributed by atoms with E-state index in [-0.39, 0.29) is 11.9 Å². The van der Waals surface area contributed by atoms with Crippen molar-refractivity contribution in [1.29, 1.82) is 0 Å². The molecule has 0 amide bonds. The molecule has 1 aliphatic heterocycles. The van der Waals surface area contributed by atoms with E-state index in [1.54, 1.807) is 19.2 Å². The van der Waals surface area contributed by atoms with Gasteiger partial charge in [-0.05, 0) is 18.6 Å². The zero-order valence-corrected chi connectivity index (χ0v) is 10.5. The number of rotatable bonds is 3. The molecule has 0 aromatic carbocycles. The summed E-state index contributed by atoms with van der Waals surface area (Å²) in [6.45, 7) is 3.15. The van der Waals surface area contributed by atoms with Gasteiger partial charge in [0, 0.05) is 32.3 Å². The average Bonchev–Trinajstić information content (AvgIpc) is 3.00. The van der Waals surface area contributed by atoms with Crippen LogP contribution in [0.4, 0.5) is 16.2 Å². The van der Waals surface area contributed by atoms with Gasteiger partial charge in [0.25, 0.3) is 0 Å². The summed E-state index contributed by atoms with van der Waals surface area (Å²) in [5.41, 5.74) is 0. The second-order valence-corrected chi connectivity index (χ2v) is 4.51. The van der Waals surface area contributed by atoms with Gasteiger partial charge < -0.3 is 14.6 Å². The molecular formula is C12H14FN5O. The SMILES string of the molecule is Cc1nnc(NC2CCN(c3ncccc3F)C2)o1. The quantitative estimate of drug-likeness (QED) is 0.907. The first-order chi connectivity index (χ1) is 9.22. The molecule has 0 radical (unpaired) electrons.